The Hall–Kier alpha value is -3.33. The number of benzene rings is 2. The number of carbonyl (C=O) groups is 2. The first kappa shape index (κ1) is 20.4. The molecule has 150 valence electrons. The van der Waals surface area contributed by atoms with Crippen LogP contribution in [0.5, 0.6) is 5.75 Å². The third-order valence-corrected chi connectivity index (χ3v) is 4.80. The fourth-order valence-electron chi connectivity index (χ4n) is 2.59. The zero-order chi connectivity index (χ0) is 21.0. The number of hydrogen-bond donors (Lipinski definition) is 1. The molecule has 3 aromatic rings. The number of nitrogens with zero attached hydrogens (tertiary/aromatic N) is 1. The fraction of sp³-hybridized carbons (Fsp3) is 0.150. The molecular formula is C20H16F2N2O4S. The molecule has 9 heteroatoms. The molecule has 0 aliphatic heterocycles. The third-order valence-electron chi connectivity index (χ3n) is 3.92. The number of halogens is 2. The van der Waals surface area contributed by atoms with Crippen molar-refractivity contribution in [3.63, 3.8) is 0 Å². The number of aryl methyl sites for hydroxylation is 1. The van der Waals surface area contributed by atoms with E-state index in [1.165, 1.54) is 36.6 Å². The number of alkyl halides is 2. The molecule has 0 unspecified atom stereocenters. The minimum Gasteiger partial charge on any atom is -0.465 e. The van der Waals surface area contributed by atoms with Gasteiger partial charge in [0.1, 0.15) is 5.75 Å². The topological polar surface area (TPSA) is 77.5 Å². The first-order valence-electron chi connectivity index (χ1n) is 8.40. The first-order valence-corrected chi connectivity index (χ1v) is 9.21. The van der Waals surface area contributed by atoms with Gasteiger partial charge in [-0.3, -0.25) is 10.1 Å². The maximum absolute atomic E-state index is 12.5. The Morgan fingerprint density at radius 3 is 2.45 bits per heavy atom. The van der Waals surface area contributed by atoms with Crippen LogP contribution in [0.25, 0.3) is 11.3 Å². The van der Waals surface area contributed by atoms with Crippen LogP contribution in [0.2, 0.25) is 0 Å². The Kier molecular flexibility index (Phi) is 6.18. The monoisotopic (exact) mass is 418 g/mol. The van der Waals surface area contributed by atoms with Crippen LogP contribution in [-0.2, 0) is 4.74 Å². The first-order chi connectivity index (χ1) is 13.9. The summed E-state index contributed by atoms with van der Waals surface area (Å²) < 4.78 is 33.5. The van der Waals surface area contributed by atoms with Gasteiger partial charge < -0.3 is 9.47 Å². The third kappa shape index (κ3) is 4.94. The van der Waals surface area contributed by atoms with E-state index in [2.05, 4.69) is 19.8 Å². The Morgan fingerprint density at radius 2 is 1.79 bits per heavy atom. The van der Waals surface area contributed by atoms with Crippen molar-refractivity contribution in [3.8, 4) is 17.0 Å². The van der Waals surface area contributed by atoms with Gasteiger partial charge in [0.15, 0.2) is 5.13 Å². The average Bonchev–Trinajstić information content (AvgIpc) is 3.07. The van der Waals surface area contributed by atoms with Crippen molar-refractivity contribution in [3.05, 3.63) is 64.5 Å². The number of thiazole rings is 1. The second-order valence-corrected chi connectivity index (χ2v) is 7.06. The van der Waals surface area contributed by atoms with Gasteiger partial charge in [-0.1, -0.05) is 6.07 Å². The standard InChI is InChI=1S/C20H16F2N2O4S/c1-11-16(12-6-8-15(9-7-12)28-19(21)22)23-20(29-11)24-17(25)13-4-3-5-14(10-13)18(26)27-2/h3-10,19H,1-2H3,(H,23,24,25). The summed E-state index contributed by atoms with van der Waals surface area (Å²) in [6.07, 6.45) is 0. The highest BCUT2D eigenvalue weighted by Crippen LogP contribution is 2.31. The summed E-state index contributed by atoms with van der Waals surface area (Å²) >= 11 is 1.28. The van der Waals surface area contributed by atoms with E-state index in [1.807, 2.05) is 6.92 Å². The molecule has 1 amide bonds. The lowest BCUT2D eigenvalue weighted by Gasteiger charge is -2.05. The Balaban J connectivity index is 1.77. The molecule has 29 heavy (non-hydrogen) atoms. The fourth-order valence-corrected chi connectivity index (χ4v) is 3.42. The van der Waals surface area contributed by atoms with E-state index in [0.717, 1.165) is 4.88 Å². The molecule has 0 bridgehead atoms. The van der Waals surface area contributed by atoms with Crippen molar-refractivity contribution in [2.24, 2.45) is 0 Å². The van der Waals surface area contributed by atoms with Gasteiger partial charge in [0.05, 0.1) is 18.4 Å². The van der Waals surface area contributed by atoms with Crippen LogP contribution in [0.3, 0.4) is 0 Å². The van der Waals surface area contributed by atoms with Gasteiger partial charge in [-0.05, 0) is 49.4 Å². The lowest BCUT2D eigenvalue weighted by atomic mass is 10.1. The second-order valence-electron chi connectivity index (χ2n) is 5.85. The summed E-state index contributed by atoms with van der Waals surface area (Å²) in [5.74, 6) is -0.904. The van der Waals surface area contributed by atoms with Crippen LogP contribution >= 0.6 is 11.3 Å². The van der Waals surface area contributed by atoms with E-state index >= 15 is 0 Å². The van der Waals surface area contributed by atoms with E-state index in [0.29, 0.717) is 16.4 Å². The van der Waals surface area contributed by atoms with Crippen molar-refractivity contribution in [1.29, 1.82) is 0 Å². The minimum atomic E-state index is -2.89. The highest BCUT2D eigenvalue weighted by molar-refractivity contribution is 7.16. The number of aromatic nitrogens is 1. The van der Waals surface area contributed by atoms with Crippen LogP contribution in [0, 0.1) is 6.92 Å². The van der Waals surface area contributed by atoms with Crippen LogP contribution in [0.1, 0.15) is 25.6 Å². The van der Waals surface area contributed by atoms with Crippen LogP contribution < -0.4 is 10.1 Å². The molecule has 0 saturated heterocycles. The number of carbonyl (C=O) groups excluding carboxylic acids is 2. The molecule has 0 saturated carbocycles. The Labute approximate surface area is 169 Å². The van der Waals surface area contributed by atoms with Crippen LogP contribution in [0.15, 0.2) is 48.5 Å². The van der Waals surface area contributed by atoms with Crippen molar-refractivity contribution in [2.45, 2.75) is 13.5 Å². The predicted octanol–water partition coefficient (Wildman–Crippen LogP) is 4.76. The van der Waals surface area contributed by atoms with E-state index in [9.17, 15) is 18.4 Å². The van der Waals surface area contributed by atoms with Crippen molar-refractivity contribution in [2.75, 3.05) is 12.4 Å². The van der Waals surface area contributed by atoms with Gasteiger partial charge >= 0.3 is 12.6 Å². The number of esters is 1. The number of methoxy groups -OCH3 is 1. The summed E-state index contributed by atoms with van der Waals surface area (Å²) in [6.45, 7) is -1.05. The summed E-state index contributed by atoms with van der Waals surface area (Å²) in [7, 11) is 1.26. The predicted molar refractivity (Wildman–Crippen MR) is 105 cm³/mol. The number of nitrogens with one attached hydrogen (secondary N) is 1. The second kappa shape index (κ2) is 8.78. The molecule has 0 atom stereocenters. The number of ether oxygens (including phenoxy) is 2. The minimum absolute atomic E-state index is 0.0515. The molecule has 2 aromatic carbocycles. The van der Waals surface area contributed by atoms with E-state index < -0.39 is 18.5 Å². The maximum Gasteiger partial charge on any atom is 0.387 e. The highest BCUT2D eigenvalue weighted by Gasteiger charge is 2.15. The van der Waals surface area contributed by atoms with Crippen LogP contribution in [0.4, 0.5) is 13.9 Å². The van der Waals surface area contributed by atoms with E-state index in [1.54, 1.807) is 30.3 Å². The highest BCUT2D eigenvalue weighted by atomic mass is 32.1. The average molecular weight is 418 g/mol. The molecule has 0 aliphatic rings. The number of rotatable bonds is 6. The lowest BCUT2D eigenvalue weighted by molar-refractivity contribution is -0.0498. The largest absolute Gasteiger partial charge is 0.465 e. The van der Waals surface area contributed by atoms with Gasteiger partial charge in [-0.2, -0.15) is 8.78 Å². The van der Waals surface area contributed by atoms with Crippen molar-refractivity contribution < 1.29 is 27.8 Å². The molecule has 0 radical (unpaired) electrons. The van der Waals surface area contributed by atoms with E-state index in [-0.39, 0.29) is 16.9 Å². The molecule has 0 fully saturated rings. The Morgan fingerprint density at radius 1 is 1.10 bits per heavy atom. The molecular weight excluding hydrogens is 402 g/mol. The SMILES string of the molecule is COC(=O)c1cccc(C(=O)Nc2nc(-c3ccc(OC(F)F)cc3)c(C)s2)c1. The quantitative estimate of drug-likeness (QED) is 0.584. The van der Waals surface area contributed by atoms with Gasteiger partial charge in [0.25, 0.3) is 5.91 Å². The van der Waals surface area contributed by atoms with Crippen molar-refractivity contribution in [1.82, 2.24) is 4.98 Å². The Bertz CT molecular complexity index is 1040. The molecule has 3 rings (SSSR count). The normalized spacial score (nSPS) is 10.7. The molecule has 1 heterocycles. The zero-order valence-electron chi connectivity index (χ0n) is 15.4. The number of hydrogen-bond acceptors (Lipinski definition) is 6. The maximum atomic E-state index is 12.5. The summed E-state index contributed by atoms with van der Waals surface area (Å²) in [5.41, 5.74) is 1.88. The summed E-state index contributed by atoms with van der Waals surface area (Å²) in [6, 6.07) is 12.2. The van der Waals surface area contributed by atoms with Gasteiger partial charge in [-0.15, -0.1) is 11.3 Å². The van der Waals surface area contributed by atoms with E-state index in [4.69, 9.17) is 0 Å². The summed E-state index contributed by atoms with van der Waals surface area (Å²) in [4.78, 5) is 29.4. The number of anilines is 1. The zero-order valence-corrected chi connectivity index (χ0v) is 16.3. The molecule has 1 aromatic heterocycles. The van der Waals surface area contributed by atoms with Crippen LogP contribution in [-0.4, -0.2) is 30.6 Å². The van der Waals surface area contributed by atoms with Gasteiger partial charge in [-0.25, -0.2) is 9.78 Å². The lowest BCUT2D eigenvalue weighted by Crippen LogP contribution is -2.13. The molecule has 6 nitrogen and oxygen atoms in total. The van der Waals surface area contributed by atoms with Crippen molar-refractivity contribution >= 4 is 28.3 Å². The molecule has 0 aliphatic carbocycles. The number of amides is 1. The smallest absolute Gasteiger partial charge is 0.387 e. The van der Waals surface area contributed by atoms with Gasteiger partial charge in [0, 0.05) is 16.0 Å². The molecule has 1 N–H and O–H groups in total. The van der Waals surface area contributed by atoms with Gasteiger partial charge in [0.2, 0.25) is 0 Å². The molecule has 0 spiro atoms. The summed E-state index contributed by atoms with van der Waals surface area (Å²) in [5, 5.41) is 3.08.